The molecule has 19 heavy (non-hydrogen) atoms. The van der Waals surface area contributed by atoms with Gasteiger partial charge in [0, 0.05) is 19.6 Å². The lowest BCUT2D eigenvalue weighted by atomic mass is 10.1. The first-order valence-electron chi connectivity index (χ1n) is 7.34. The molecule has 0 saturated heterocycles. The molecule has 2 N–H and O–H groups in total. The van der Waals surface area contributed by atoms with Crippen LogP contribution in [0.4, 0.5) is 0 Å². The normalized spacial score (nSPS) is 25.1. The Morgan fingerprint density at radius 2 is 2.11 bits per heavy atom. The quantitative estimate of drug-likeness (QED) is 0.643. The first-order valence-corrected chi connectivity index (χ1v) is 7.34. The van der Waals surface area contributed by atoms with E-state index in [0.717, 1.165) is 18.4 Å². The van der Waals surface area contributed by atoms with Gasteiger partial charge in [-0.15, -0.1) is 0 Å². The van der Waals surface area contributed by atoms with Crippen molar-refractivity contribution in [3.05, 3.63) is 34.9 Å². The Hall–Kier alpha value is -1.51. The molecule has 1 aromatic carbocycles. The predicted octanol–water partition coefficient (Wildman–Crippen LogP) is 2.25. The number of guanidine groups is 1. The van der Waals surface area contributed by atoms with E-state index in [1.807, 2.05) is 7.05 Å². The molecule has 0 spiro atoms. The minimum atomic E-state index is 0.617. The Balaban J connectivity index is 1.56. The molecular weight excluding hydrogens is 234 g/mol. The molecule has 0 bridgehead atoms. The minimum Gasteiger partial charge on any atom is -0.353 e. The molecule has 3 rings (SSSR count). The van der Waals surface area contributed by atoms with Gasteiger partial charge in [0.1, 0.15) is 0 Å². The third kappa shape index (κ3) is 2.91. The SMILES string of the molecule is CN=C(NCc1ccc2c(c1)CCC2)NC1CC1C. The zero-order valence-electron chi connectivity index (χ0n) is 11.9. The zero-order valence-corrected chi connectivity index (χ0v) is 11.9. The van der Waals surface area contributed by atoms with Gasteiger partial charge in [-0.3, -0.25) is 4.99 Å². The fraction of sp³-hybridized carbons (Fsp3) is 0.562. The van der Waals surface area contributed by atoms with Gasteiger partial charge in [-0.25, -0.2) is 0 Å². The molecule has 3 nitrogen and oxygen atoms in total. The molecule has 2 unspecified atom stereocenters. The lowest BCUT2D eigenvalue weighted by Gasteiger charge is -2.12. The van der Waals surface area contributed by atoms with E-state index >= 15 is 0 Å². The van der Waals surface area contributed by atoms with Crippen LogP contribution < -0.4 is 10.6 Å². The summed E-state index contributed by atoms with van der Waals surface area (Å²) in [6.45, 7) is 3.12. The maximum atomic E-state index is 4.28. The van der Waals surface area contributed by atoms with Crippen LogP contribution in [0.5, 0.6) is 0 Å². The summed E-state index contributed by atoms with van der Waals surface area (Å²) in [7, 11) is 1.84. The summed E-state index contributed by atoms with van der Waals surface area (Å²) in [5, 5.41) is 6.86. The summed E-state index contributed by atoms with van der Waals surface area (Å²) < 4.78 is 0. The van der Waals surface area contributed by atoms with E-state index < -0.39 is 0 Å². The highest BCUT2D eigenvalue weighted by molar-refractivity contribution is 5.80. The predicted molar refractivity (Wildman–Crippen MR) is 79.4 cm³/mol. The third-order valence-electron chi connectivity index (χ3n) is 4.28. The van der Waals surface area contributed by atoms with E-state index in [9.17, 15) is 0 Å². The largest absolute Gasteiger partial charge is 0.353 e. The molecule has 2 atom stereocenters. The molecular formula is C16H23N3. The molecule has 0 amide bonds. The summed E-state index contributed by atoms with van der Waals surface area (Å²) >= 11 is 0. The van der Waals surface area contributed by atoms with Crippen LogP contribution in [0.3, 0.4) is 0 Å². The molecule has 1 aromatic rings. The molecule has 102 valence electrons. The summed E-state index contributed by atoms with van der Waals surface area (Å²) in [6.07, 6.45) is 5.08. The number of hydrogen-bond donors (Lipinski definition) is 2. The van der Waals surface area contributed by atoms with Crippen LogP contribution in [0, 0.1) is 5.92 Å². The zero-order chi connectivity index (χ0) is 13.2. The van der Waals surface area contributed by atoms with Crippen LogP contribution >= 0.6 is 0 Å². The smallest absolute Gasteiger partial charge is 0.191 e. The Morgan fingerprint density at radius 3 is 2.84 bits per heavy atom. The van der Waals surface area contributed by atoms with Crippen molar-refractivity contribution in [2.45, 2.75) is 45.2 Å². The van der Waals surface area contributed by atoms with E-state index in [4.69, 9.17) is 0 Å². The summed E-state index contributed by atoms with van der Waals surface area (Å²) in [6, 6.07) is 7.50. The van der Waals surface area contributed by atoms with E-state index in [1.54, 1.807) is 0 Å². The molecule has 0 aliphatic heterocycles. The van der Waals surface area contributed by atoms with Crippen LogP contribution in [0.1, 0.15) is 36.5 Å². The maximum absolute atomic E-state index is 4.28. The van der Waals surface area contributed by atoms with Crippen molar-refractivity contribution in [3.63, 3.8) is 0 Å². The van der Waals surface area contributed by atoms with Gasteiger partial charge in [0.2, 0.25) is 0 Å². The Kier molecular flexibility index (Phi) is 3.45. The van der Waals surface area contributed by atoms with Gasteiger partial charge in [0.15, 0.2) is 5.96 Å². The minimum absolute atomic E-state index is 0.617. The number of nitrogens with one attached hydrogen (secondary N) is 2. The van der Waals surface area contributed by atoms with Gasteiger partial charge < -0.3 is 10.6 Å². The van der Waals surface area contributed by atoms with Crippen LogP contribution in [0.2, 0.25) is 0 Å². The summed E-state index contributed by atoms with van der Waals surface area (Å²) in [5.41, 5.74) is 4.43. The van der Waals surface area contributed by atoms with Gasteiger partial charge in [-0.1, -0.05) is 25.1 Å². The first-order chi connectivity index (χ1) is 9.26. The Morgan fingerprint density at radius 1 is 1.32 bits per heavy atom. The second-order valence-corrected chi connectivity index (χ2v) is 5.85. The first kappa shape index (κ1) is 12.5. The van der Waals surface area contributed by atoms with Crippen molar-refractivity contribution in [2.24, 2.45) is 10.9 Å². The molecule has 1 fully saturated rings. The molecule has 0 radical (unpaired) electrons. The molecule has 1 saturated carbocycles. The average molecular weight is 257 g/mol. The average Bonchev–Trinajstić information content (AvgIpc) is 2.92. The third-order valence-corrected chi connectivity index (χ3v) is 4.28. The fourth-order valence-corrected chi connectivity index (χ4v) is 2.81. The van der Waals surface area contributed by atoms with Gasteiger partial charge in [0.25, 0.3) is 0 Å². The lowest BCUT2D eigenvalue weighted by molar-refractivity contribution is 0.763. The van der Waals surface area contributed by atoms with Crippen LogP contribution in [0.15, 0.2) is 23.2 Å². The summed E-state index contributed by atoms with van der Waals surface area (Å²) in [4.78, 5) is 4.28. The van der Waals surface area contributed by atoms with E-state index in [1.165, 1.54) is 42.4 Å². The van der Waals surface area contributed by atoms with E-state index in [0.29, 0.717) is 6.04 Å². The Labute approximate surface area is 115 Å². The van der Waals surface area contributed by atoms with Crippen molar-refractivity contribution in [1.29, 1.82) is 0 Å². The van der Waals surface area contributed by atoms with Gasteiger partial charge in [-0.05, 0) is 48.3 Å². The number of hydrogen-bond acceptors (Lipinski definition) is 1. The molecule has 0 heterocycles. The number of aliphatic imine (C=N–C) groups is 1. The second kappa shape index (κ2) is 5.24. The van der Waals surface area contributed by atoms with Crippen molar-refractivity contribution in [3.8, 4) is 0 Å². The number of rotatable bonds is 3. The number of benzene rings is 1. The van der Waals surface area contributed by atoms with Gasteiger partial charge >= 0.3 is 0 Å². The molecule has 3 heteroatoms. The van der Waals surface area contributed by atoms with E-state index in [-0.39, 0.29) is 0 Å². The molecule has 2 aliphatic carbocycles. The standard InChI is InChI=1S/C16H23N3/c1-11-8-15(11)19-16(17-2)18-10-12-6-7-13-4-3-5-14(13)9-12/h6-7,9,11,15H,3-5,8,10H2,1-2H3,(H2,17,18,19). The van der Waals surface area contributed by atoms with E-state index in [2.05, 4.69) is 40.7 Å². The van der Waals surface area contributed by atoms with Crippen LogP contribution in [0.25, 0.3) is 0 Å². The highest BCUT2D eigenvalue weighted by Gasteiger charge is 2.33. The van der Waals surface area contributed by atoms with Gasteiger partial charge in [0.05, 0.1) is 0 Å². The van der Waals surface area contributed by atoms with Crippen molar-refractivity contribution < 1.29 is 0 Å². The fourth-order valence-electron chi connectivity index (χ4n) is 2.81. The second-order valence-electron chi connectivity index (χ2n) is 5.85. The monoisotopic (exact) mass is 257 g/mol. The number of nitrogens with zero attached hydrogens (tertiary/aromatic N) is 1. The number of aryl methyl sites for hydroxylation is 2. The highest BCUT2D eigenvalue weighted by Crippen LogP contribution is 2.28. The van der Waals surface area contributed by atoms with Crippen molar-refractivity contribution >= 4 is 5.96 Å². The van der Waals surface area contributed by atoms with Crippen molar-refractivity contribution in [1.82, 2.24) is 10.6 Å². The van der Waals surface area contributed by atoms with Gasteiger partial charge in [-0.2, -0.15) is 0 Å². The molecule has 0 aromatic heterocycles. The molecule has 2 aliphatic rings. The van der Waals surface area contributed by atoms with Crippen LogP contribution in [-0.4, -0.2) is 19.0 Å². The maximum Gasteiger partial charge on any atom is 0.191 e. The summed E-state index contributed by atoms with van der Waals surface area (Å²) in [5.74, 6) is 1.72. The number of fused-ring (bicyclic) bond motifs is 1. The lowest BCUT2D eigenvalue weighted by Crippen LogP contribution is -2.38. The Bertz CT molecular complexity index is 493. The highest BCUT2D eigenvalue weighted by atomic mass is 15.2. The van der Waals surface area contributed by atoms with Crippen molar-refractivity contribution in [2.75, 3.05) is 7.05 Å². The topological polar surface area (TPSA) is 36.4 Å². The van der Waals surface area contributed by atoms with Crippen LogP contribution in [-0.2, 0) is 19.4 Å².